The summed E-state index contributed by atoms with van der Waals surface area (Å²) in [6.45, 7) is 11.0. The number of anilines is 1. The first-order valence-corrected chi connectivity index (χ1v) is 8.60. The fourth-order valence-corrected chi connectivity index (χ4v) is 2.21. The maximum atomic E-state index is 4.36. The summed E-state index contributed by atoms with van der Waals surface area (Å²) < 4.78 is 0. The molecule has 1 heterocycles. The van der Waals surface area contributed by atoms with Gasteiger partial charge in [0.15, 0.2) is 0 Å². The van der Waals surface area contributed by atoms with Crippen LogP contribution in [0.5, 0.6) is 0 Å². The van der Waals surface area contributed by atoms with E-state index in [4.69, 9.17) is 0 Å². The van der Waals surface area contributed by atoms with E-state index < -0.39 is 0 Å². The monoisotopic (exact) mass is 311 g/mol. The maximum Gasteiger partial charge on any atom is 0.137 e. The zero-order valence-electron chi connectivity index (χ0n) is 15.0. The molecule has 0 amide bonds. The molecule has 124 valence electrons. The molecule has 0 unspecified atom stereocenters. The van der Waals surface area contributed by atoms with E-state index in [1.54, 1.807) is 6.33 Å². The number of H-pyrrole nitrogens is 1. The SMILES string of the molecule is CC.CC.CCc1ccc(CNc2nc[nH]c3cccc2-3)cc1. The van der Waals surface area contributed by atoms with Crippen LogP contribution in [0.3, 0.4) is 0 Å². The summed E-state index contributed by atoms with van der Waals surface area (Å²) in [5.74, 6) is 0.929. The quantitative estimate of drug-likeness (QED) is 0.645. The van der Waals surface area contributed by atoms with E-state index in [0.717, 1.165) is 30.0 Å². The van der Waals surface area contributed by atoms with Gasteiger partial charge in [0.25, 0.3) is 0 Å². The predicted molar refractivity (Wildman–Crippen MR) is 101 cm³/mol. The lowest BCUT2D eigenvalue weighted by Gasteiger charge is -2.10. The normalized spacial score (nSPS) is 9.43. The molecule has 23 heavy (non-hydrogen) atoms. The van der Waals surface area contributed by atoms with Crippen LogP contribution in [0.2, 0.25) is 0 Å². The first kappa shape index (κ1) is 18.8. The molecule has 2 N–H and O–H groups in total. The Morgan fingerprint density at radius 1 is 0.913 bits per heavy atom. The molecular formula is C20H29N3. The average molecular weight is 311 g/mol. The molecule has 1 aliphatic carbocycles. The van der Waals surface area contributed by atoms with Gasteiger partial charge in [-0.05, 0) is 29.7 Å². The molecule has 0 atom stereocenters. The lowest BCUT2D eigenvalue weighted by molar-refractivity contribution is 1.07. The smallest absolute Gasteiger partial charge is 0.137 e. The number of hydrogen-bond donors (Lipinski definition) is 2. The summed E-state index contributed by atoms with van der Waals surface area (Å²) in [7, 11) is 0. The zero-order chi connectivity index (χ0) is 17.1. The maximum absolute atomic E-state index is 4.36. The molecule has 3 heteroatoms. The van der Waals surface area contributed by atoms with Gasteiger partial charge in [-0.1, -0.05) is 65.0 Å². The van der Waals surface area contributed by atoms with Crippen LogP contribution in [-0.2, 0) is 13.0 Å². The van der Waals surface area contributed by atoms with Gasteiger partial charge in [-0.25, -0.2) is 4.98 Å². The van der Waals surface area contributed by atoms with Gasteiger partial charge >= 0.3 is 0 Å². The molecule has 1 aromatic rings. The highest BCUT2D eigenvalue weighted by Gasteiger charge is 2.08. The van der Waals surface area contributed by atoms with Crippen molar-refractivity contribution in [3.63, 3.8) is 0 Å². The van der Waals surface area contributed by atoms with Crippen molar-refractivity contribution in [1.82, 2.24) is 9.97 Å². The van der Waals surface area contributed by atoms with Crippen LogP contribution in [0.25, 0.3) is 11.3 Å². The van der Waals surface area contributed by atoms with Crippen LogP contribution >= 0.6 is 0 Å². The average Bonchev–Trinajstić information content (AvgIpc) is 3.13. The van der Waals surface area contributed by atoms with Crippen molar-refractivity contribution < 1.29 is 0 Å². The van der Waals surface area contributed by atoms with Gasteiger partial charge in [0.2, 0.25) is 0 Å². The third kappa shape index (κ3) is 5.13. The molecule has 1 aliphatic heterocycles. The van der Waals surface area contributed by atoms with Gasteiger partial charge in [-0.3, -0.25) is 0 Å². The van der Waals surface area contributed by atoms with Gasteiger partial charge < -0.3 is 10.3 Å². The van der Waals surface area contributed by atoms with Crippen molar-refractivity contribution in [3.8, 4) is 11.3 Å². The molecule has 0 spiro atoms. The summed E-state index contributed by atoms with van der Waals surface area (Å²) in [4.78, 5) is 7.49. The molecule has 3 rings (SSSR count). The van der Waals surface area contributed by atoms with Crippen LogP contribution in [0.1, 0.15) is 45.7 Å². The standard InChI is InChI=1S/C16H17N3.2C2H6/c1-2-12-6-8-13(9-7-12)10-17-16-14-4-3-5-15(14)18-11-19-16;2*1-2/h3-9,11,17H,2,10H2,1H3,(H,18,19);2*1-2H3. The van der Waals surface area contributed by atoms with E-state index in [2.05, 4.69) is 58.6 Å². The summed E-state index contributed by atoms with van der Waals surface area (Å²) in [6.07, 6.45) is 2.81. The van der Waals surface area contributed by atoms with Gasteiger partial charge in [-0.2, -0.15) is 0 Å². The number of fused-ring (bicyclic) bond motifs is 1. The minimum atomic E-state index is 0.793. The van der Waals surface area contributed by atoms with Gasteiger partial charge in [0.1, 0.15) is 5.82 Å². The summed E-state index contributed by atoms with van der Waals surface area (Å²) in [5.41, 5.74) is 4.88. The van der Waals surface area contributed by atoms with Crippen LogP contribution in [0.15, 0.2) is 48.8 Å². The number of aromatic nitrogens is 2. The molecule has 0 fully saturated rings. The van der Waals surface area contributed by atoms with Gasteiger partial charge in [0.05, 0.1) is 12.0 Å². The van der Waals surface area contributed by atoms with Gasteiger partial charge in [-0.15, -0.1) is 0 Å². The summed E-state index contributed by atoms with van der Waals surface area (Å²) in [5, 5.41) is 3.40. The van der Waals surface area contributed by atoms with Crippen LogP contribution < -0.4 is 5.32 Å². The Balaban J connectivity index is 0.000000615. The van der Waals surface area contributed by atoms with E-state index in [9.17, 15) is 0 Å². The molecule has 0 radical (unpaired) electrons. The number of rotatable bonds is 4. The summed E-state index contributed by atoms with van der Waals surface area (Å²) in [6, 6.07) is 14.9. The first-order chi connectivity index (χ1) is 11.4. The van der Waals surface area contributed by atoms with E-state index in [0.29, 0.717) is 0 Å². The predicted octanol–water partition coefficient (Wildman–Crippen LogP) is 5.74. The zero-order valence-corrected chi connectivity index (χ0v) is 15.0. The lowest BCUT2D eigenvalue weighted by Crippen LogP contribution is -2.03. The minimum absolute atomic E-state index is 0.793. The number of aromatic amines is 1. The Kier molecular flexibility index (Phi) is 8.51. The first-order valence-electron chi connectivity index (χ1n) is 8.60. The Hall–Kier alpha value is -2.29. The molecule has 2 aliphatic rings. The molecule has 1 aromatic carbocycles. The number of nitrogens with one attached hydrogen (secondary N) is 2. The van der Waals surface area contributed by atoms with Crippen LogP contribution in [-0.4, -0.2) is 9.97 Å². The second-order valence-corrected chi connectivity index (χ2v) is 4.63. The highest BCUT2D eigenvalue weighted by atomic mass is 15.0. The topological polar surface area (TPSA) is 40.7 Å². The molecule has 3 nitrogen and oxygen atoms in total. The molecular weight excluding hydrogens is 282 g/mol. The molecule has 0 aromatic heterocycles. The van der Waals surface area contributed by atoms with Crippen molar-refractivity contribution >= 4 is 5.82 Å². The Morgan fingerprint density at radius 3 is 2.22 bits per heavy atom. The van der Waals surface area contributed by atoms with E-state index >= 15 is 0 Å². The molecule has 0 saturated heterocycles. The Labute approximate surface area is 140 Å². The largest absolute Gasteiger partial charge is 0.365 e. The number of hydrogen-bond acceptors (Lipinski definition) is 2. The number of aryl methyl sites for hydroxylation is 1. The molecule has 0 saturated carbocycles. The van der Waals surface area contributed by atoms with Crippen molar-refractivity contribution in [3.05, 3.63) is 59.9 Å². The third-order valence-corrected chi connectivity index (χ3v) is 3.38. The fourth-order valence-electron chi connectivity index (χ4n) is 2.21. The van der Waals surface area contributed by atoms with Crippen molar-refractivity contribution in [2.24, 2.45) is 0 Å². The second kappa shape index (κ2) is 10.4. The lowest BCUT2D eigenvalue weighted by atomic mass is 10.1. The minimum Gasteiger partial charge on any atom is -0.365 e. The highest BCUT2D eigenvalue weighted by molar-refractivity contribution is 5.74. The van der Waals surface area contributed by atoms with Crippen LogP contribution in [0.4, 0.5) is 5.82 Å². The third-order valence-electron chi connectivity index (χ3n) is 3.38. The van der Waals surface area contributed by atoms with Crippen molar-refractivity contribution in [2.45, 2.75) is 47.6 Å². The highest BCUT2D eigenvalue weighted by Crippen LogP contribution is 2.26. The van der Waals surface area contributed by atoms with Crippen molar-refractivity contribution in [1.29, 1.82) is 0 Å². The van der Waals surface area contributed by atoms with Gasteiger partial charge in [0, 0.05) is 12.1 Å². The Bertz CT molecular complexity index is 626. The van der Waals surface area contributed by atoms with Crippen molar-refractivity contribution in [2.75, 3.05) is 5.32 Å². The number of benzene rings is 1. The number of nitrogens with zero attached hydrogens (tertiary/aromatic N) is 1. The second-order valence-electron chi connectivity index (χ2n) is 4.63. The fraction of sp³-hybridized carbons (Fsp3) is 0.350. The van der Waals surface area contributed by atoms with E-state index in [-0.39, 0.29) is 0 Å². The molecule has 0 bridgehead atoms. The van der Waals surface area contributed by atoms with Crippen LogP contribution in [0, 0.1) is 0 Å². The summed E-state index contributed by atoms with van der Waals surface area (Å²) >= 11 is 0. The van der Waals surface area contributed by atoms with E-state index in [1.165, 1.54) is 11.1 Å². The van der Waals surface area contributed by atoms with E-state index in [1.807, 2.05) is 33.8 Å². The Morgan fingerprint density at radius 2 is 1.57 bits per heavy atom.